The van der Waals surface area contributed by atoms with E-state index in [-0.39, 0.29) is 0 Å². The van der Waals surface area contributed by atoms with E-state index in [1.807, 2.05) is 30.3 Å². The highest BCUT2D eigenvalue weighted by Crippen LogP contribution is 2.29. The van der Waals surface area contributed by atoms with Gasteiger partial charge in [-0.3, -0.25) is 0 Å². The molecule has 0 saturated heterocycles. The summed E-state index contributed by atoms with van der Waals surface area (Å²) in [5.74, 6) is 1.50. The molecule has 172 valence electrons. The van der Waals surface area contributed by atoms with Gasteiger partial charge >= 0.3 is 0 Å². The Hall–Kier alpha value is -1.75. The third-order valence-electron chi connectivity index (χ3n) is 5.32. The molecule has 0 aromatic heterocycles. The molecule has 1 N–H and O–H groups in total. The highest BCUT2D eigenvalue weighted by Gasteiger charge is 2.07. The lowest BCUT2D eigenvalue weighted by atomic mass is 10.2. The Balaban J connectivity index is 1.76. The van der Waals surface area contributed by atoms with Crippen molar-refractivity contribution in [3.63, 3.8) is 0 Å². The van der Waals surface area contributed by atoms with Gasteiger partial charge in [-0.05, 0) is 80.8 Å². The molecular formula is C26H39ClN2O2. The number of unbranched alkanes of at least 4 members (excludes halogenated alkanes) is 2. The summed E-state index contributed by atoms with van der Waals surface area (Å²) in [5, 5.41) is 4.28. The first-order valence-corrected chi connectivity index (χ1v) is 12.0. The van der Waals surface area contributed by atoms with Gasteiger partial charge < -0.3 is 19.7 Å². The molecule has 0 spiro atoms. The highest BCUT2D eigenvalue weighted by molar-refractivity contribution is 6.30. The van der Waals surface area contributed by atoms with Crippen LogP contribution in [-0.4, -0.2) is 38.2 Å². The van der Waals surface area contributed by atoms with Crippen molar-refractivity contribution in [2.45, 2.75) is 59.1 Å². The van der Waals surface area contributed by atoms with Crippen molar-refractivity contribution in [2.75, 3.05) is 33.3 Å². The predicted octanol–water partition coefficient (Wildman–Crippen LogP) is 6.31. The summed E-state index contributed by atoms with van der Waals surface area (Å²) >= 11 is 6.05. The zero-order valence-corrected chi connectivity index (χ0v) is 20.2. The molecule has 0 unspecified atom stereocenters. The smallest absolute Gasteiger partial charge is 0.161 e. The molecule has 0 aliphatic carbocycles. The molecule has 2 rings (SSSR count). The van der Waals surface area contributed by atoms with Crippen LogP contribution in [-0.2, 0) is 13.2 Å². The first kappa shape index (κ1) is 25.5. The van der Waals surface area contributed by atoms with Gasteiger partial charge in [0.25, 0.3) is 0 Å². The molecule has 0 fully saturated rings. The van der Waals surface area contributed by atoms with Crippen LogP contribution >= 0.6 is 11.6 Å². The average molecular weight is 447 g/mol. The van der Waals surface area contributed by atoms with Crippen LogP contribution in [0.5, 0.6) is 11.5 Å². The number of hydrogen-bond acceptors (Lipinski definition) is 4. The summed E-state index contributed by atoms with van der Waals surface area (Å²) in [7, 11) is 1.68. The molecule has 0 heterocycles. The molecule has 5 heteroatoms. The van der Waals surface area contributed by atoms with E-state index >= 15 is 0 Å². The minimum atomic E-state index is 0.459. The van der Waals surface area contributed by atoms with E-state index in [0.717, 1.165) is 30.2 Å². The van der Waals surface area contributed by atoms with Crippen LogP contribution < -0.4 is 14.8 Å². The maximum Gasteiger partial charge on any atom is 0.161 e. The Kier molecular flexibility index (Phi) is 12.4. The molecule has 0 aliphatic heterocycles. The first-order valence-electron chi connectivity index (χ1n) is 11.6. The molecular weight excluding hydrogens is 408 g/mol. The maximum absolute atomic E-state index is 6.05. The summed E-state index contributed by atoms with van der Waals surface area (Å²) < 4.78 is 11.5. The Labute approximate surface area is 193 Å². The van der Waals surface area contributed by atoms with Crippen LogP contribution in [0.15, 0.2) is 42.5 Å². The molecule has 0 amide bonds. The van der Waals surface area contributed by atoms with Gasteiger partial charge in [-0.15, -0.1) is 0 Å². The van der Waals surface area contributed by atoms with Gasteiger partial charge in [0.05, 0.1) is 7.11 Å². The van der Waals surface area contributed by atoms with Gasteiger partial charge in [-0.25, -0.2) is 0 Å². The quantitative estimate of drug-likeness (QED) is 0.306. The van der Waals surface area contributed by atoms with Crippen molar-refractivity contribution in [3.05, 3.63) is 58.6 Å². The minimum absolute atomic E-state index is 0.459. The number of halogens is 1. The Morgan fingerprint density at radius 3 is 2.29 bits per heavy atom. The largest absolute Gasteiger partial charge is 0.493 e. The van der Waals surface area contributed by atoms with E-state index in [2.05, 4.69) is 36.2 Å². The SMILES string of the molecule is CCCCN(CCCC)CCCNCc1ccc(OCc2cccc(Cl)c2)c(OC)c1. The lowest BCUT2D eigenvalue weighted by Crippen LogP contribution is -2.29. The molecule has 0 atom stereocenters. The van der Waals surface area contributed by atoms with Crippen LogP contribution in [0.4, 0.5) is 0 Å². The van der Waals surface area contributed by atoms with Crippen LogP contribution in [0.2, 0.25) is 5.02 Å². The lowest BCUT2D eigenvalue weighted by Gasteiger charge is -2.22. The van der Waals surface area contributed by atoms with Gasteiger partial charge in [0.15, 0.2) is 11.5 Å². The number of nitrogens with zero attached hydrogens (tertiary/aromatic N) is 1. The van der Waals surface area contributed by atoms with E-state index in [1.165, 1.54) is 57.3 Å². The Morgan fingerprint density at radius 2 is 1.61 bits per heavy atom. The number of methoxy groups -OCH3 is 1. The zero-order valence-electron chi connectivity index (χ0n) is 19.5. The average Bonchev–Trinajstić information content (AvgIpc) is 2.79. The maximum atomic E-state index is 6.05. The molecule has 4 nitrogen and oxygen atoms in total. The normalized spacial score (nSPS) is 11.1. The molecule has 2 aromatic carbocycles. The lowest BCUT2D eigenvalue weighted by molar-refractivity contribution is 0.261. The number of nitrogens with one attached hydrogen (secondary N) is 1. The second kappa shape index (κ2) is 15.1. The van der Waals surface area contributed by atoms with Gasteiger partial charge in [-0.2, -0.15) is 0 Å². The van der Waals surface area contributed by atoms with Gasteiger partial charge in [0.2, 0.25) is 0 Å². The van der Waals surface area contributed by atoms with Crippen molar-refractivity contribution >= 4 is 11.6 Å². The van der Waals surface area contributed by atoms with Crippen LogP contribution in [0, 0.1) is 0 Å². The van der Waals surface area contributed by atoms with Crippen LogP contribution in [0.3, 0.4) is 0 Å². The summed E-state index contributed by atoms with van der Waals surface area (Å²) in [4.78, 5) is 2.61. The fraction of sp³-hybridized carbons (Fsp3) is 0.538. The standard InChI is InChI=1S/C26H39ClN2O2/c1-4-6-15-29(16-7-5-2)17-9-14-28-20-22-12-13-25(26(19-22)30-3)31-21-23-10-8-11-24(27)18-23/h8,10-13,18-19,28H,4-7,9,14-17,20-21H2,1-3H3. The first-order chi connectivity index (χ1) is 15.2. The van der Waals surface area contributed by atoms with Gasteiger partial charge in [-0.1, -0.05) is 56.5 Å². The number of ether oxygens (including phenoxy) is 2. The summed E-state index contributed by atoms with van der Waals surface area (Å²) in [6.07, 6.45) is 6.29. The fourth-order valence-corrected chi connectivity index (χ4v) is 3.70. The molecule has 2 aromatic rings. The second-order valence-corrected chi connectivity index (χ2v) is 8.42. The third-order valence-corrected chi connectivity index (χ3v) is 5.56. The van der Waals surface area contributed by atoms with Crippen molar-refractivity contribution in [2.24, 2.45) is 0 Å². The Morgan fingerprint density at radius 1 is 0.871 bits per heavy atom. The molecule has 0 bridgehead atoms. The topological polar surface area (TPSA) is 33.7 Å². The Bertz CT molecular complexity index is 746. The van der Waals surface area contributed by atoms with E-state index in [0.29, 0.717) is 11.6 Å². The number of benzene rings is 2. The van der Waals surface area contributed by atoms with Crippen LogP contribution in [0.1, 0.15) is 57.1 Å². The summed E-state index contributed by atoms with van der Waals surface area (Å²) in [6, 6.07) is 13.8. The second-order valence-electron chi connectivity index (χ2n) is 7.98. The fourth-order valence-electron chi connectivity index (χ4n) is 3.49. The number of hydrogen-bond donors (Lipinski definition) is 1. The third kappa shape index (κ3) is 9.94. The predicted molar refractivity (Wildman–Crippen MR) is 131 cm³/mol. The summed E-state index contributed by atoms with van der Waals surface area (Å²) in [6.45, 7) is 10.5. The highest BCUT2D eigenvalue weighted by atomic mass is 35.5. The molecule has 31 heavy (non-hydrogen) atoms. The van der Waals surface area contributed by atoms with Crippen LogP contribution in [0.25, 0.3) is 0 Å². The minimum Gasteiger partial charge on any atom is -0.493 e. The van der Waals surface area contributed by atoms with Crippen molar-refractivity contribution in [1.82, 2.24) is 10.2 Å². The van der Waals surface area contributed by atoms with Crippen molar-refractivity contribution < 1.29 is 9.47 Å². The van der Waals surface area contributed by atoms with Gasteiger partial charge in [0.1, 0.15) is 6.61 Å². The molecule has 0 saturated carbocycles. The van der Waals surface area contributed by atoms with Crippen molar-refractivity contribution in [1.29, 1.82) is 0 Å². The molecule has 0 radical (unpaired) electrons. The van der Waals surface area contributed by atoms with Gasteiger partial charge in [0, 0.05) is 11.6 Å². The zero-order chi connectivity index (χ0) is 22.3. The van der Waals surface area contributed by atoms with E-state index in [9.17, 15) is 0 Å². The number of rotatable bonds is 16. The van der Waals surface area contributed by atoms with E-state index in [1.54, 1.807) is 7.11 Å². The monoisotopic (exact) mass is 446 g/mol. The van der Waals surface area contributed by atoms with E-state index in [4.69, 9.17) is 21.1 Å². The molecule has 0 aliphatic rings. The summed E-state index contributed by atoms with van der Waals surface area (Å²) in [5.41, 5.74) is 2.23. The van der Waals surface area contributed by atoms with E-state index < -0.39 is 0 Å². The van der Waals surface area contributed by atoms with Crippen molar-refractivity contribution in [3.8, 4) is 11.5 Å².